The minimum absolute atomic E-state index is 0.0617. The van der Waals surface area contributed by atoms with Crippen LogP contribution in [0.3, 0.4) is 0 Å². The highest BCUT2D eigenvalue weighted by molar-refractivity contribution is 9.10. The van der Waals surface area contributed by atoms with Gasteiger partial charge in [0.1, 0.15) is 5.15 Å². The lowest BCUT2D eigenvalue weighted by molar-refractivity contribution is -0.115. The Morgan fingerprint density at radius 2 is 2.19 bits per heavy atom. The molecule has 2 amide bonds. The summed E-state index contributed by atoms with van der Waals surface area (Å²) in [7, 11) is 0. The number of anilines is 2. The average Bonchev–Trinajstić information content (AvgIpc) is 2.82. The number of hydrogen-bond donors (Lipinski definition) is 2. The van der Waals surface area contributed by atoms with Crippen molar-refractivity contribution < 1.29 is 9.59 Å². The molecule has 1 aromatic heterocycles. The summed E-state index contributed by atoms with van der Waals surface area (Å²) in [5.41, 5.74) is 2.60. The smallest absolute Gasteiger partial charge is 0.255 e. The molecule has 2 N–H and O–H groups in total. The molecule has 0 saturated carbocycles. The van der Waals surface area contributed by atoms with E-state index >= 15 is 0 Å². The third kappa shape index (κ3) is 2.91. The molecule has 0 aliphatic carbocycles. The lowest BCUT2D eigenvalue weighted by atomic mass is 10.1. The summed E-state index contributed by atoms with van der Waals surface area (Å²) in [6.07, 6.45) is 1.77. The predicted molar refractivity (Wildman–Crippen MR) is 83.7 cm³/mol. The Labute approximate surface area is 133 Å². The van der Waals surface area contributed by atoms with Crippen molar-refractivity contribution in [3.05, 3.63) is 51.2 Å². The zero-order valence-corrected chi connectivity index (χ0v) is 13.0. The van der Waals surface area contributed by atoms with Gasteiger partial charge >= 0.3 is 0 Å². The fourth-order valence-electron chi connectivity index (χ4n) is 2.06. The fraction of sp³-hybridized carbons (Fsp3) is 0.0714. The topological polar surface area (TPSA) is 71.1 Å². The Morgan fingerprint density at radius 1 is 1.38 bits per heavy atom. The third-order valence-corrected chi connectivity index (χ3v) is 4.18. The van der Waals surface area contributed by atoms with E-state index in [0.29, 0.717) is 27.3 Å². The Kier molecular flexibility index (Phi) is 3.65. The Balaban J connectivity index is 1.81. The fourth-order valence-corrected chi connectivity index (χ4v) is 2.52. The largest absolute Gasteiger partial charge is 0.326 e. The second kappa shape index (κ2) is 5.46. The van der Waals surface area contributed by atoms with E-state index in [-0.39, 0.29) is 11.8 Å². The summed E-state index contributed by atoms with van der Waals surface area (Å²) in [5, 5.41) is 5.79. The molecule has 2 aromatic rings. The molecule has 3 rings (SSSR count). The second-order valence-electron chi connectivity index (χ2n) is 4.55. The first-order valence-corrected chi connectivity index (χ1v) is 7.25. The van der Waals surface area contributed by atoms with Crippen LogP contribution in [0.1, 0.15) is 15.9 Å². The number of nitrogens with one attached hydrogen (secondary N) is 2. The molecule has 0 spiro atoms. The number of carbonyl (C=O) groups excluding carboxylic acids is 2. The lowest BCUT2D eigenvalue weighted by Gasteiger charge is -2.07. The highest BCUT2D eigenvalue weighted by atomic mass is 79.9. The second-order valence-corrected chi connectivity index (χ2v) is 5.76. The Morgan fingerprint density at radius 3 is 2.95 bits per heavy atom. The van der Waals surface area contributed by atoms with E-state index in [0.717, 1.165) is 11.3 Å². The van der Waals surface area contributed by atoms with Crippen molar-refractivity contribution in [3.63, 3.8) is 0 Å². The molecule has 0 unspecified atom stereocenters. The monoisotopic (exact) mass is 365 g/mol. The average molecular weight is 367 g/mol. The van der Waals surface area contributed by atoms with Crippen molar-refractivity contribution in [2.45, 2.75) is 6.42 Å². The summed E-state index contributed by atoms with van der Waals surface area (Å²) in [5.74, 6) is -0.332. The Hall–Kier alpha value is -1.92. The van der Waals surface area contributed by atoms with Crippen LogP contribution < -0.4 is 10.6 Å². The number of fused-ring (bicyclic) bond motifs is 1. The summed E-state index contributed by atoms with van der Waals surface area (Å²) in [4.78, 5) is 27.4. The van der Waals surface area contributed by atoms with E-state index < -0.39 is 0 Å². The van der Waals surface area contributed by atoms with Gasteiger partial charge in [-0.2, -0.15) is 0 Å². The summed E-state index contributed by atoms with van der Waals surface area (Å²) >= 11 is 9.05. The van der Waals surface area contributed by atoms with Crippen LogP contribution in [-0.4, -0.2) is 16.8 Å². The maximum atomic E-state index is 12.2. The number of amides is 2. The molecule has 2 heterocycles. The number of carbonyl (C=O) groups is 2. The van der Waals surface area contributed by atoms with Crippen molar-refractivity contribution in [2.75, 3.05) is 10.6 Å². The number of pyridine rings is 1. The lowest BCUT2D eigenvalue weighted by Crippen LogP contribution is -2.12. The SMILES string of the molecule is O=C1Cc2cc(C(=O)Nc3cnc(Cl)c(Br)c3)ccc2N1. The molecule has 0 atom stereocenters. The third-order valence-electron chi connectivity index (χ3n) is 3.05. The highest BCUT2D eigenvalue weighted by Gasteiger charge is 2.19. The molecule has 1 aromatic carbocycles. The van der Waals surface area contributed by atoms with Gasteiger partial charge in [0.2, 0.25) is 5.91 Å². The van der Waals surface area contributed by atoms with Gasteiger partial charge in [-0.3, -0.25) is 9.59 Å². The quantitative estimate of drug-likeness (QED) is 0.802. The van der Waals surface area contributed by atoms with Gasteiger partial charge in [-0.25, -0.2) is 4.98 Å². The number of aromatic nitrogens is 1. The van der Waals surface area contributed by atoms with E-state index in [1.807, 2.05) is 0 Å². The summed E-state index contributed by atoms with van der Waals surface area (Å²) in [6.45, 7) is 0. The molecular weight excluding hydrogens is 358 g/mol. The van der Waals surface area contributed by atoms with Crippen molar-refractivity contribution in [1.82, 2.24) is 4.98 Å². The van der Waals surface area contributed by atoms with Gasteiger partial charge < -0.3 is 10.6 Å². The number of nitrogens with zero attached hydrogens (tertiary/aromatic N) is 1. The van der Waals surface area contributed by atoms with Gasteiger partial charge in [0, 0.05) is 11.3 Å². The van der Waals surface area contributed by atoms with Crippen LogP contribution >= 0.6 is 27.5 Å². The normalized spacial score (nSPS) is 12.8. The first-order valence-electron chi connectivity index (χ1n) is 6.08. The summed E-state index contributed by atoms with van der Waals surface area (Å²) < 4.78 is 0.603. The van der Waals surface area contributed by atoms with Gasteiger partial charge in [-0.15, -0.1) is 0 Å². The van der Waals surface area contributed by atoms with E-state index in [2.05, 4.69) is 31.5 Å². The van der Waals surface area contributed by atoms with E-state index in [1.165, 1.54) is 6.20 Å². The van der Waals surface area contributed by atoms with Crippen LogP contribution in [0.5, 0.6) is 0 Å². The number of benzene rings is 1. The van der Waals surface area contributed by atoms with Crippen molar-refractivity contribution in [1.29, 1.82) is 0 Å². The van der Waals surface area contributed by atoms with Crippen LogP contribution in [0.25, 0.3) is 0 Å². The first kappa shape index (κ1) is 14.0. The van der Waals surface area contributed by atoms with Gasteiger partial charge in [0.05, 0.1) is 22.8 Å². The first-order chi connectivity index (χ1) is 10.0. The number of rotatable bonds is 2. The number of halogens is 2. The van der Waals surface area contributed by atoms with Gasteiger partial charge in [-0.1, -0.05) is 11.6 Å². The zero-order valence-electron chi connectivity index (χ0n) is 10.6. The van der Waals surface area contributed by atoms with E-state index in [1.54, 1.807) is 24.3 Å². The van der Waals surface area contributed by atoms with Crippen molar-refractivity contribution in [3.8, 4) is 0 Å². The van der Waals surface area contributed by atoms with Crippen LogP contribution in [-0.2, 0) is 11.2 Å². The maximum absolute atomic E-state index is 12.2. The Bertz CT molecular complexity index is 764. The van der Waals surface area contributed by atoms with E-state index in [4.69, 9.17) is 11.6 Å². The molecule has 7 heteroatoms. The molecule has 1 aliphatic heterocycles. The molecule has 0 bridgehead atoms. The zero-order chi connectivity index (χ0) is 15.0. The highest BCUT2D eigenvalue weighted by Crippen LogP contribution is 2.25. The summed E-state index contributed by atoms with van der Waals surface area (Å²) in [6, 6.07) is 6.77. The van der Waals surface area contributed by atoms with Crippen LogP contribution in [0.2, 0.25) is 5.15 Å². The predicted octanol–water partition coefficient (Wildman–Crippen LogP) is 3.24. The van der Waals surface area contributed by atoms with Crippen LogP contribution in [0, 0.1) is 0 Å². The molecular formula is C14H9BrClN3O2. The molecule has 0 saturated heterocycles. The van der Waals surface area contributed by atoms with E-state index in [9.17, 15) is 9.59 Å². The van der Waals surface area contributed by atoms with Crippen LogP contribution in [0.15, 0.2) is 34.9 Å². The molecule has 106 valence electrons. The van der Waals surface area contributed by atoms with Gasteiger partial charge in [0.25, 0.3) is 5.91 Å². The van der Waals surface area contributed by atoms with Gasteiger partial charge in [-0.05, 0) is 45.8 Å². The molecule has 5 nitrogen and oxygen atoms in total. The standard InChI is InChI=1S/C14H9BrClN3O2/c15-10-5-9(6-17-13(10)16)18-14(21)7-1-2-11-8(3-7)4-12(20)19-11/h1-3,5-6H,4H2,(H,18,21)(H,19,20). The van der Waals surface area contributed by atoms with Gasteiger partial charge in [0.15, 0.2) is 0 Å². The minimum atomic E-state index is -0.270. The maximum Gasteiger partial charge on any atom is 0.255 e. The van der Waals surface area contributed by atoms with Crippen molar-refractivity contribution in [2.24, 2.45) is 0 Å². The molecule has 0 fully saturated rings. The van der Waals surface area contributed by atoms with Crippen molar-refractivity contribution >= 4 is 50.7 Å². The van der Waals surface area contributed by atoms with Crippen LogP contribution in [0.4, 0.5) is 11.4 Å². The molecule has 1 aliphatic rings. The number of hydrogen-bond acceptors (Lipinski definition) is 3. The molecule has 0 radical (unpaired) electrons. The molecule has 21 heavy (non-hydrogen) atoms. The minimum Gasteiger partial charge on any atom is -0.326 e.